The van der Waals surface area contributed by atoms with E-state index < -0.39 is 0 Å². The summed E-state index contributed by atoms with van der Waals surface area (Å²) in [5, 5.41) is 6.65. The van der Waals surface area contributed by atoms with Gasteiger partial charge in [0.05, 0.1) is 17.7 Å². The van der Waals surface area contributed by atoms with E-state index in [1.165, 1.54) is 12.1 Å². The molecule has 0 bridgehead atoms. The van der Waals surface area contributed by atoms with Crippen LogP contribution in [0.4, 0.5) is 15.8 Å². The van der Waals surface area contributed by atoms with Crippen LogP contribution >= 0.6 is 0 Å². The van der Waals surface area contributed by atoms with Gasteiger partial charge in [0.25, 0.3) is 0 Å². The highest BCUT2D eigenvalue weighted by atomic mass is 19.1. The van der Waals surface area contributed by atoms with Gasteiger partial charge in [0.1, 0.15) is 5.82 Å². The van der Waals surface area contributed by atoms with Gasteiger partial charge < -0.3 is 10.6 Å². The van der Waals surface area contributed by atoms with Crippen LogP contribution in [0.5, 0.6) is 0 Å². The molecule has 4 nitrogen and oxygen atoms in total. The van der Waals surface area contributed by atoms with Gasteiger partial charge >= 0.3 is 0 Å². The smallest absolute Gasteiger partial charge is 0.243 e. The molecule has 1 heterocycles. The number of carbonyl (C=O) groups is 1. The summed E-state index contributed by atoms with van der Waals surface area (Å²) in [6, 6.07) is 15.4. The molecule has 2 aromatic carbocycles. The van der Waals surface area contributed by atoms with E-state index in [0.29, 0.717) is 11.4 Å². The van der Waals surface area contributed by atoms with Crippen molar-refractivity contribution < 1.29 is 9.18 Å². The van der Waals surface area contributed by atoms with Crippen molar-refractivity contribution in [3.63, 3.8) is 0 Å². The van der Waals surface area contributed by atoms with E-state index in [1.807, 2.05) is 24.3 Å². The zero-order valence-electron chi connectivity index (χ0n) is 11.7. The third-order valence-corrected chi connectivity index (χ3v) is 3.18. The third-order valence-electron chi connectivity index (χ3n) is 3.18. The Labute approximate surface area is 127 Å². The molecule has 0 saturated carbocycles. The van der Waals surface area contributed by atoms with Gasteiger partial charge in [-0.2, -0.15) is 0 Å². The van der Waals surface area contributed by atoms with Crippen molar-refractivity contribution in [2.45, 2.75) is 0 Å². The zero-order chi connectivity index (χ0) is 15.4. The quantitative estimate of drug-likeness (QED) is 0.775. The molecule has 0 spiro atoms. The summed E-state index contributed by atoms with van der Waals surface area (Å²) in [5.74, 6) is -0.564. The van der Waals surface area contributed by atoms with Crippen molar-refractivity contribution in [3.05, 3.63) is 66.6 Å². The second-order valence-corrected chi connectivity index (χ2v) is 4.79. The highest BCUT2D eigenvalue weighted by Gasteiger charge is 2.06. The van der Waals surface area contributed by atoms with Crippen LogP contribution in [0.15, 0.2) is 60.8 Å². The maximum Gasteiger partial charge on any atom is 0.243 e. The van der Waals surface area contributed by atoms with Crippen molar-refractivity contribution in [3.8, 4) is 0 Å². The molecule has 5 heteroatoms. The number of nitrogens with one attached hydrogen (secondary N) is 2. The Hall–Kier alpha value is -2.95. The number of hydrogen-bond donors (Lipinski definition) is 2. The molecule has 0 aliphatic carbocycles. The van der Waals surface area contributed by atoms with Gasteiger partial charge in [-0.3, -0.25) is 9.78 Å². The Morgan fingerprint density at radius 1 is 1.09 bits per heavy atom. The lowest BCUT2D eigenvalue weighted by Crippen LogP contribution is -2.22. The number of para-hydroxylation sites is 1. The molecule has 22 heavy (non-hydrogen) atoms. The molecule has 0 saturated heterocycles. The Bertz CT molecular complexity index is 814. The molecule has 3 rings (SSSR count). The number of fused-ring (bicyclic) bond motifs is 1. The number of halogens is 1. The minimum absolute atomic E-state index is 0.0483. The summed E-state index contributed by atoms with van der Waals surface area (Å²) < 4.78 is 13.1. The molecule has 3 aromatic rings. The van der Waals surface area contributed by atoms with Crippen LogP contribution in [0.25, 0.3) is 10.9 Å². The normalized spacial score (nSPS) is 10.4. The molecule has 1 amide bonds. The van der Waals surface area contributed by atoms with E-state index >= 15 is 0 Å². The summed E-state index contributed by atoms with van der Waals surface area (Å²) in [6.07, 6.45) is 1.68. The topological polar surface area (TPSA) is 54.0 Å². The summed E-state index contributed by atoms with van der Waals surface area (Å²) in [5.41, 5.74) is 1.96. The molecule has 110 valence electrons. The summed E-state index contributed by atoms with van der Waals surface area (Å²) in [4.78, 5) is 16.3. The van der Waals surface area contributed by atoms with Crippen LogP contribution < -0.4 is 10.6 Å². The van der Waals surface area contributed by atoms with Gasteiger partial charge in [-0.1, -0.05) is 24.3 Å². The lowest BCUT2D eigenvalue weighted by Gasteiger charge is -2.09. The Morgan fingerprint density at radius 3 is 2.77 bits per heavy atom. The van der Waals surface area contributed by atoms with Crippen molar-refractivity contribution in [2.75, 3.05) is 17.2 Å². The average molecular weight is 295 g/mol. The molecule has 0 unspecified atom stereocenters. The van der Waals surface area contributed by atoms with Gasteiger partial charge in [-0.05, 0) is 30.3 Å². The monoisotopic (exact) mass is 295 g/mol. The highest BCUT2D eigenvalue weighted by Crippen LogP contribution is 2.20. The van der Waals surface area contributed by atoms with Crippen LogP contribution in [-0.2, 0) is 4.79 Å². The Kier molecular flexibility index (Phi) is 3.96. The largest absolute Gasteiger partial charge is 0.376 e. The van der Waals surface area contributed by atoms with Gasteiger partial charge in [0, 0.05) is 17.3 Å². The van der Waals surface area contributed by atoms with Gasteiger partial charge in [-0.15, -0.1) is 0 Å². The molecule has 0 aliphatic heterocycles. The maximum atomic E-state index is 13.1. The fourth-order valence-electron chi connectivity index (χ4n) is 2.18. The Balaban J connectivity index is 1.68. The van der Waals surface area contributed by atoms with Crippen LogP contribution in [-0.4, -0.2) is 17.4 Å². The molecule has 2 N–H and O–H groups in total. The lowest BCUT2D eigenvalue weighted by molar-refractivity contribution is -0.114. The number of aromatic nitrogens is 1. The van der Waals surface area contributed by atoms with E-state index in [4.69, 9.17) is 0 Å². The number of rotatable bonds is 4. The minimum Gasteiger partial charge on any atom is -0.376 e. The Morgan fingerprint density at radius 2 is 1.91 bits per heavy atom. The van der Waals surface area contributed by atoms with Crippen molar-refractivity contribution >= 4 is 28.2 Å². The molecule has 0 atom stereocenters. The standard InChI is InChI=1S/C17H14FN3O/c18-13-6-2-7-14(10-13)20-11-16(22)21-15-8-1-4-12-5-3-9-19-17(12)15/h1-10,20H,11H2,(H,21,22). The van der Waals surface area contributed by atoms with Crippen LogP contribution in [0, 0.1) is 5.82 Å². The van der Waals surface area contributed by atoms with E-state index in [-0.39, 0.29) is 18.3 Å². The molecule has 1 aromatic heterocycles. The molecular weight excluding hydrogens is 281 g/mol. The van der Waals surface area contributed by atoms with Crippen LogP contribution in [0.2, 0.25) is 0 Å². The number of pyridine rings is 1. The summed E-state index contributed by atoms with van der Waals surface area (Å²) in [6.45, 7) is 0.0483. The molecule has 0 aliphatic rings. The fraction of sp³-hybridized carbons (Fsp3) is 0.0588. The van der Waals surface area contributed by atoms with E-state index in [1.54, 1.807) is 24.4 Å². The predicted octanol–water partition coefficient (Wildman–Crippen LogP) is 3.42. The lowest BCUT2D eigenvalue weighted by atomic mass is 10.2. The SMILES string of the molecule is O=C(CNc1cccc(F)c1)Nc1cccc2cccnc12. The predicted molar refractivity (Wildman–Crippen MR) is 85.3 cm³/mol. The van der Waals surface area contributed by atoms with Crippen LogP contribution in [0.1, 0.15) is 0 Å². The van der Waals surface area contributed by atoms with E-state index in [0.717, 1.165) is 10.9 Å². The van der Waals surface area contributed by atoms with E-state index in [9.17, 15) is 9.18 Å². The van der Waals surface area contributed by atoms with Gasteiger partial charge in [-0.25, -0.2) is 4.39 Å². The minimum atomic E-state index is -0.344. The number of amides is 1. The van der Waals surface area contributed by atoms with Gasteiger partial charge in [0.2, 0.25) is 5.91 Å². The van der Waals surface area contributed by atoms with E-state index in [2.05, 4.69) is 15.6 Å². The molecule has 0 fully saturated rings. The number of carbonyl (C=O) groups excluding carboxylic acids is 1. The zero-order valence-corrected chi connectivity index (χ0v) is 11.7. The first kappa shape index (κ1) is 14.0. The molecular formula is C17H14FN3O. The van der Waals surface area contributed by atoms with Crippen molar-refractivity contribution in [1.29, 1.82) is 0 Å². The maximum absolute atomic E-state index is 13.1. The average Bonchev–Trinajstić information content (AvgIpc) is 2.53. The summed E-state index contributed by atoms with van der Waals surface area (Å²) >= 11 is 0. The second-order valence-electron chi connectivity index (χ2n) is 4.79. The van der Waals surface area contributed by atoms with Crippen molar-refractivity contribution in [1.82, 2.24) is 4.98 Å². The second kappa shape index (κ2) is 6.22. The highest BCUT2D eigenvalue weighted by molar-refractivity contribution is 6.01. The number of hydrogen-bond acceptors (Lipinski definition) is 3. The van der Waals surface area contributed by atoms with Crippen molar-refractivity contribution in [2.24, 2.45) is 0 Å². The van der Waals surface area contributed by atoms with Gasteiger partial charge in [0.15, 0.2) is 0 Å². The number of benzene rings is 2. The summed E-state index contributed by atoms with van der Waals surface area (Å²) in [7, 11) is 0. The first-order chi connectivity index (χ1) is 10.7. The van der Waals surface area contributed by atoms with Crippen LogP contribution in [0.3, 0.4) is 0 Å². The molecule has 0 radical (unpaired) electrons. The number of anilines is 2. The number of nitrogens with zero attached hydrogens (tertiary/aromatic N) is 1. The third kappa shape index (κ3) is 3.20. The first-order valence-electron chi connectivity index (χ1n) is 6.85. The first-order valence-corrected chi connectivity index (χ1v) is 6.85. The fourth-order valence-corrected chi connectivity index (χ4v) is 2.18.